The molecule has 0 N–H and O–H groups in total. The molecule has 2 rings (SSSR count). The third kappa shape index (κ3) is 2.82. The van der Waals surface area contributed by atoms with Gasteiger partial charge in [0.25, 0.3) is 0 Å². The molecule has 0 spiro atoms. The maximum absolute atomic E-state index is 12.0. The Kier molecular flexibility index (Phi) is 3.93. The SMILES string of the molecule is O=C(CN1CCOCC1=O)C1CCCCC1. The predicted octanol–water partition coefficient (Wildman–Crippen LogP) is 0.995. The third-order valence-electron chi connectivity index (χ3n) is 3.49. The standard InChI is InChI=1S/C12H19NO3/c14-11(10-4-2-1-3-5-10)8-13-6-7-16-9-12(13)15/h10H,1-9H2. The molecule has 90 valence electrons. The second-order valence-electron chi connectivity index (χ2n) is 4.67. The van der Waals surface area contributed by atoms with Crippen molar-refractivity contribution in [3.05, 3.63) is 0 Å². The van der Waals surface area contributed by atoms with Crippen molar-refractivity contribution in [1.29, 1.82) is 0 Å². The number of ether oxygens (including phenoxy) is 1. The lowest BCUT2D eigenvalue weighted by Crippen LogP contribution is -2.45. The van der Waals surface area contributed by atoms with Gasteiger partial charge < -0.3 is 9.64 Å². The molecule has 1 amide bonds. The van der Waals surface area contributed by atoms with E-state index in [0.717, 1.165) is 25.7 Å². The summed E-state index contributed by atoms with van der Waals surface area (Å²) in [7, 11) is 0. The number of carbonyl (C=O) groups is 2. The van der Waals surface area contributed by atoms with Crippen molar-refractivity contribution in [2.75, 3.05) is 26.3 Å². The van der Waals surface area contributed by atoms with Crippen molar-refractivity contribution in [3.8, 4) is 0 Å². The molecule has 1 aliphatic heterocycles. The van der Waals surface area contributed by atoms with Crippen molar-refractivity contribution >= 4 is 11.7 Å². The van der Waals surface area contributed by atoms with E-state index in [0.29, 0.717) is 19.7 Å². The van der Waals surface area contributed by atoms with Crippen molar-refractivity contribution < 1.29 is 14.3 Å². The van der Waals surface area contributed by atoms with Crippen LogP contribution in [0.25, 0.3) is 0 Å². The molecular weight excluding hydrogens is 206 g/mol. The average Bonchev–Trinajstić information content (AvgIpc) is 2.33. The van der Waals surface area contributed by atoms with E-state index in [1.807, 2.05) is 0 Å². The Hall–Kier alpha value is -0.900. The molecule has 0 aromatic heterocycles. The van der Waals surface area contributed by atoms with E-state index >= 15 is 0 Å². The summed E-state index contributed by atoms with van der Waals surface area (Å²) in [4.78, 5) is 25.1. The van der Waals surface area contributed by atoms with Crippen LogP contribution in [0.1, 0.15) is 32.1 Å². The highest BCUT2D eigenvalue weighted by Crippen LogP contribution is 2.24. The summed E-state index contributed by atoms with van der Waals surface area (Å²) in [5.41, 5.74) is 0. The maximum Gasteiger partial charge on any atom is 0.249 e. The summed E-state index contributed by atoms with van der Waals surface area (Å²) >= 11 is 0. The molecule has 4 nitrogen and oxygen atoms in total. The van der Waals surface area contributed by atoms with Crippen LogP contribution in [0.3, 0.4) is 0 Å². The molecule has 4 heteroatoms. The van der Waals surface area contributed by atoms with Crippen LogP contribution in [0, 0.1) is 5.92 Å². The van der Waals surface area contributed by atoms with Gasteiger partial charge in [0, 0.05) is 12.5 Å². The molecule has 1 aliphatic carbocycles. The zero-order chi connectivity index (χ0) is 11.4. The monoisotopic (exact) mass is 225 g/mol. The summed E-state index contributed by atoms with van der Waals surface area (Å²) in [5.74, 6) is 0.398. The minimum atomic E-state index is -0.0459. The Morgan fingerprint density at radius 2 is 2.06 bits per heavy atom. The number of carbonyl (C=O) groups excluding carboxylic acids is 2. The van der Waals surface area contributed by atoms with E-state index in [1.165, 1.54) is 6.42 Å². The van der Waals surface area contributed by atoms with E-state index in [9.17, 15) is 9.59 Å². The van der Waals surface area contributed by atoms with Gasteiger partial charge in [0.05, 0.1) is 13.2 Å². The number of ketones is 1. The first-order valence-electron chi connectivity index (χ1n) is 6.15. The summed E-state index contributed by atoms with van der Waals surface area (Å²) in [5, 5.41) is 0. The first-order chi connectivity index (χ1) is 7.77. The quantitative estimate of drug-likeness (QED) is 0.719. The van der Waals surface area contributed by atoms with Crippen LogP contribution in [0.4, 0.5) is 0 Å². The normalized spacial score (nSPS) is 23.5. The largest absolute Gasteiger partial charge is 0.370 e. The molecule has 0 radical (unpaired) electrons. The van der Waals surface area contributed by atoms with Gasteiger partial charge in [0.2, 0.25) is 5.91 Å². The van der Waals surface area contributed by atoms with Gasteiger partial charge in [-0.15, -0.1) is 0 Å². The number of nitrogens with zero attached hydrogens (tertiary/aromatic N) is 1. The van der Waals surface area contributed by atoms with Crippen LogP contribution in [0.5, 0.6) is 0 Å². The highest BCUT2D eigenvalue weighted by Gasteiger charge is 2.26. The fraction of sp³-hybridized carbons (Fsp3) is 0.833. The lowest BCUT2D eigenvalue weighted by molar-refractivity contribution is -0.146. The van der Waals surface area contributed by atoms with E-state index in [2.05, 4.69) is 0 Å². The van der Waals surface area contributed by atoms with Gasteiger partial charge in [-0.05, 0) is 12.8 Å². The van der Waals surface area contributed by atoms with Crippen LogP contribution < -0.4 is 0 Å². The zero-order valence-electron chi connectivity index (χ0n) is 9.61. The van der Waals surface area contributed by atoms with Crippen LogP contribution in [0.2, 0.25) is 0 Å². The number of hydrogen-bond acceptors (Lipinski definition) is 3. The van der Waals surface area contributed by atoms with E-state index in [4.69, 9.17) is 4.74 Å². The Morgan fingerprint density at radius 1 is 1.31 bits per heavy atom. The smallest absolute Gasteiger partial charge is 0.249 e. The maximum atomic E-state index is 12.0. The fourth-order valence-corrected chi connectivity index (χ4v) is 2.46. The molecule has 1 saturated heterocycles. The van der Waals surface area contributed by atoms with Crippen molar-refractivity contribution in [3.63, 3.8) is 0 Å². The van der Waals surface area contributed by atoms with Gasteiger partial charge in [-0.25, -0.2) is 0 Å². The lowest BCUT2D eigenvalue weighted by atomic mass is 9.86. The molecule has 1 saturated carbocycles. The van der Waals surface area contributed by atoms with Crippen molar-refractivity contribution in [2.45, 2.75) is 32.1 Å². The third-order valence-corrected chi connectivity index (χ3v) is 3.49. The summed E-state index contributed by atoms with van der Waals surface area (Å²) in [6.45, 7) is 1.56. The summed E-state index contributed by atoms with van der Waals surface area (Å²) in [6.07, 6.45) is 5.59. The van der Waals surface area contributed by atoms with E-state index < -0.39 is 0 Å². The lowest BCUT2D eigenvalue weighted by Gasteiger charge is -2.28. The van der Waals surface area contributed by atoms with E-state index in [1.54, 1.807) is 4.90 Å². The molecule has 16 heavy (non-hydrogen) atoms. The first kappa shape index (κ1) is 11.6. The topological polar surface area (TPSA) is 46.6 Å². The van der Waals surface area contributed by atoms with Gasteiger partial charge in [0.15, 0.2) is 5.78 Å². The Labute approximate surface area is 95.9 Å². The van der Waals surface area contributed by atoms with Crippen LogP contribution >= 0.6 is 0 Å². The molecule has 0 atom stereocenters. The van der Waals surface area contributed by atoms with Gasteiger partial charge >= 0.3 is 0 Å². The van der Waals surface area contributed by atoms with Crippen molar-refractivity contribution in [1.82, 2.24) is 4.90 Å². The molecule has 0 bridgehead atoms. The number of Topliss-reactive ketones (excluding diaryl/α,β-unsaturated/α-hetero) is 1. The minimum absolute atomic E-state index is 0.0459. The Balaban J connectivity index is 1.83. The van der Waals surface area contributed by atoms with Gasteiger partial charge in [-0.2, -0.15) is 0 Å². The molecule has 0 aromatic rings. The van der Waals surface area contributed by atoms with Crippen LogP contribution in [-0.4, -0.2) is 42.9 Å². The van der Waals surface area contributed by atoms with Crippen LogP contribution in [0.15, 0.2) is 0 Å². The number of amides is 1. The highest BCUT2D eigenvalue weighted by molar-refractivity contribution is 5.88. The van der Waals surface area contributed by atoms with Crippen molar-refractivity contribution in [2.24, 2.45) is 5.92 Å². The minimum Gasteiger partial charge on any atom is -0.370 e. The fourth-order valence-electron chi connectivity index (χ4n) is 2.46. The highest BCUT2D eigenvalue weighted by atomic mass is 16.5. The first-order valence-corrected chi connectivity index (χ1v) is 6.15. The molecule has 1 heterocycles. The Morgan fingerprint density at radius 3 is 2.75 bits per heavy atom. The second-order valence-corrected chi connectivity index (χ2v) is 4.67. The van der Waals surface area contributed by atoms with Gasteiger partial charge in [-0.1, -0.05) is 19.3 Å². The number of morpholine rings is 1. The summed E-state index contributed by atoms with van der Waals surface area (Å²) < 4.78 is 5.04. The number of rotatable bonds is 3. The Bertz CT molecular complexity index is 271. The number of hydrogen-bond donors (Lipinski definition) is 0. The zero-order valence-corrected chi connectivity index (χ0v) is 9.61. The van der Waals surface area contributed by atoms with Gasteiger partial charge in [-0.3, -0.25) is 9.59 Å². The molecule has 0 unspecified atom stereocenters. The van der Waals surface area contributed by atoms with E-state index in [-0.39, 0.29) is 24.2 Å². The predicted molar refractivity (Wildman–Crippen MR) is 59.0 cm³/mol. The molecule has 2 aliphatic rings. The molecule has 0 aromatic carbocycles. The van der Waals surface area contributed by atoms with Crippen LogP contribution in [-0.2, 0) is 14.3 Å². The molecular formula is C12H19NO3. The molecule has 2 fully saturated rings. The summed E-state index contributed by atoms with van der Waals surface area (Å²) in [6, 6.07) is 0. The average molecular weight is 225 g/mol. The second kappa shape index (κ2) is 5.43. The van der Waals surface area contributed by atoms with Gasteiger partial charge in [0.1, 0.15) is 6.61 Å².